The summed E-state index contributed by atoms with van der Waals surface area (Å²) in [6.07, 6.45) is 3.63. The van der Waals surface area contributed by atoms with Crippen LogP contribution >= 0.6 is 22.6 Å². The van der Waals surface area contributed by atoms with Crippen molar-refractivity contribution in [1.29, 1.82) is 0 Å². The number of carboxylic acids is 2. The van der Waals surface area contributed by atoms with Gasteiger partial charge in [-0.05, 0) is 19.3 Å². The van der Waals surface area contributed by atoms with Gasteiger partial charge in [0.25, 0.3) is 0 Å². The highest BCUT2D eigenvalue weighted by Crippen LogP contribution is 2.43. The predicted octanol–water partition coefficient (Wildman–Crippen LogP) is 1.35. The predicted molar refractivity (Wildman–Crippen MR) is 73.7 cm³/mol. The van der Waals surface area contributed by atoms with Crippen LogP contribution in [0.1, 0.15) is 25.7 Å². The molecule has 2 aliphatic heterocycles. The van der Waals surface area contributed by atoms with E-state index in [0.29, 0.717) is 4.48 Å². The quantitative estimate of drug-likeness (QED) is 0.341. The van der Waals surface area contributed by atoms with Crippen molar-refractivity contribution < 1.29 is 24.3 Å². The van der Waals surface area contributed by atoms with Crippen LogP contribution in [-0.4, -0.2) is 56.7 Å². The molecule has 2 rings (SSSR count). The minimum atomic E-state index is -1.56. The third-order valence-electron chi connectivity index (χ3n) is 4.65. The van der Waals surface area contributed by atoms with Crippen LogP contribution < -0.4 is 0 Å². The van der Waals surface area contributed by atoms with E-state index in [1.807, 2.05) is 0 Å². The van der Waals surface area contributed by atoms with E-state index in [1.165, 1.54) is 6.42 Å². The lowest BCUT2D eigenvalue weighted by molar-refractivity contribution is -0.942. The Morgan fingerprint density at radius 2 is 1.72 bits per heavy atom. The second-order valence-electron chi connectivity index (χ2n) is 5.59. The lowest BCUT2D eigenvalue weighted by Crippen LogP contribution is -2.57. The third kappa shape index (κ3) is 2.03. The van der Waals surface area contributed by atoms with Crippen LogP contribution in [0.2, 0.25) is 0 Å². The first kappa shape index (κ1) is 14.0. The van der Waals surface area contributed by atoms with Gasteiger partial charge < -0.3 is 14.7 Å². The zero-order chi connectivity index (χ0) is 13.4. The minimum absolute atomic E-state index is 0.179. The number of nitrogens with zero attached hydrogens (tertiary/aromatic N) is 1. The smallest absolute Gasteiger partial charge is 0.327 e. The van der Waals surface area contributed by atoms with Gasteiger partial charge in [0.05, 0.1) is 17.5 Å². The maximum absolute atomic E-state index is 11.5. The summed E-state index contributed by atoms with van der Waals surface area (Å²) in [5.74, 6) is -2.32. The van der Waals surface area contributed by atoms with E-state index in [9.17, 15) is 19.8 Å². The van der Waals surface area contributed by atoms with E-state index in [0.717, 1.165) is 30.4 Å². The number of rotatable bonds is 3. The summed E-state index contributed by atoms with van der Waals surface area (Å²) in [5, 5.41) is 18.7. The zero-order valence-corrected chi connectivity index (χ0v) is 12.4. The molecule has 0 radical (unpaired) electrons. The van der Waals surface area contributed by atoms with Crippen molar-refractivity contribution in [2.45, 2.75) is 31.7 Å². The van der Waals surface area contributed by atoms with Crippen LogP contribution in [0.3, 0.4) is 0 Å². The third-order valence-corrected chi connectivity index (χ3v) is 5.66. The fourth-order valence-corrected chi connectivity index (χ4v) is 4.74. The van der Waals surface area contributed by atoms with Gasteiger partial charge in [-0.25, -0.2) is 0 Å². The van der Waals surface area contributed by atoms with Gasteiger partial charge >= 0.3 is 11.9 Å². The Labute approximate surface area is 120 Å². The Hall–Kier alpha value is -0.370. The zero-order valence-electron chi connectivity index (χ0n) is 10.3. The first-order valence-electron chi connectivity index (χ1n) is 6.35. The molecule has 1 atom stereocenters. The molecular formula is C12H19INO4+. The number of aliphatic carboxylic acids is 2. The van der Waals surface area contributed by atoms with Crippen molar-refractivity contribution >= 4 is 34.5 Å². The number of carboxylic acid groups (broad SMARTS) is 2. The minimum Gasteiger partial charge on any atom is -0.480 e. The summed E-state index contributed by atoms with van der Waals surface area (Å²) < 4.78 is 1.54. The summed E-state index contributed by atoms with van der Waals surface area (Å²) in [5.41, 5.74) is -1.56. The largest absolute Gasteiger partial charge is 0.480 e. The fourth-order valence-electron chi connectivity index (χ4n) is 3.59. The average Bonchev–Trinajstić information content (AvgIpc) is 2.66. The van der Waals surface area contributed by atoms with Crippen molar-refractivity contribution in [3.05, 3.63) is 0 Å². The molecule has 5 nitrogen and oxygen atoms in total. The molecule has 1 spiro atoms. The average molecular weight is 368 g/mol. The van der Waals surface area contributed by atoms with Crippen LogP contribution in [0.15, 0.2) is 0 Å². The highest BCUT2D eigenvalue weighted by Gasteiger charge is 2.63. The first-order valence-corrected chi connectivity index (χ1v) is 7.88. The number of quaternary nitrogens is 1. The molecule has 0 saturated carbocycles. The number of piperidine rings is 1. The second kappa shape index (κ2) is 4.96. The summed E-state index contributed by atoms with van der Waals surface area (Å²) >= 11 is 2.26. The maximum Gasteiger partial charge on any atom is 0.327 e. The number of hydrogen-bond acceptors (Lipinski definition) is 2. The molecule has 0 aromatic rings. The Balaban J connectivity index is 2.34. The molecule has 102 valence electrons. The lowest BCUT2D eigenvalue weighted by Gasteiger charge is -2.42. The number of alkyl halides is 1. The van der Waals surface area contributed by atoms with E-state index in [2.05, 4.69) is 22.6 Å². The number of carbonyl (C=O) groups is 2. The molecule has 0 aromatic carbocycles. The highest BCUT2D eigenvalue weighted by atomic mass is 127. The molecule has 2 fully saturated rings. The SMILES string of the molecule is O=C(O)C1(C(=O)O)CC(CI)[N+]2(CCCCC2)C1. The Morgan fingerprint density at radius 1 is 1.17 bits per heavy atom. The Kier molecular flexibility index (Phi) is 3.87. The monoisotopic (exact) mass is 368 g/mol. The molecule has 18 heavy (non-hydrogen) atoms. The van der Waals surface area contributed by atoms with E-state index in [-0.39, 0.29) is 19.0 Å². The van der Waals surface area contributed by atoms with Gasteiger partial charge in [0.1, 0.15) is 12.6 Å². The van der Waals surface area contributed by atoms with Crippen LogP contribution in [0.4, 0.5) is 0 Å². The van der Waals surface area contributed by atoms with Gasteiger partial charge in [-0.3, -0.25) is 9.59 Å². The van der Waals surface area contributed by atoms with Crippen molar-refractivity contribution in [2.24, 2.45) is 5.41 Å². The van der Waals surface area contributed by atoms with Gasteiger partial charge in [-0.1, -0.05) is 22.6 Å². The number of halogens is 1. The molecule has 1 unspecified atom stereocenters. The lowest BCUT2D eigenvalue weighted by atomic mass is 9.86. The van der Waals surface area contributed by atoms with Gasteiger partial charge in [-0.2, -0.15) is 0 Å². The van der Waals surface area contributed by atoms with E-state index < -0.39 is 17.4 Å². The van der Waals surface area contributed by atoms with Gasteiger partial charge in [0.2, 0.25) is 5.41 Å². The summed E-state index contributed by atoms with van der Waals surface area (Å²) in [6, 6.07) is 0.179. The van der Waals surface area contributed by atoms with E-state index >= 15 is 0 Å². The molecule has 2 heterocycles. The topological polar surface area (TPSA) is 74.6 Å². The molecule has 0 aliphatic carbocycles. The molecule has 2 N–H and O–H groups in total. The summed E-state index contributed by atoms with van der Waals surface area (Å²) in [4.78, 5) is 22.9. The molecule has 0 amide bonds. The second-order valence-corrected chi connectivity index (χ2v) is 6.47. The van der Waals surface area contributed by atoms with Gasteiger partial charge in [0, 0.05) is 6.42 Å². The van der Waals surface area contributed by atoms with Crippen LogP contribution in [0.25, 0.3) is 0 Å². The van der Waals surface area contributed by atoms with Crippen molar-refractivity contribution in [3.63, 3.8) is 0 Å². The molecule has 2 aliphatic rings. The van der Waals surface area contributed by atoms with Crippen LogP contribution in [0.5, 0.6) is 0 Å². The summed E-state index contributed by atoms with van der Waals surface area (Å²) in [7, 11) is 0. The molecule has 0 bridgehead atoms. The first-order chi connectivity index (χ1) is 8.47. The van der Waals surface area contributed by atoms with Crippen molar-refractivity contribution in [2.75, 3.05) is 24.1 Å². The van der Waals surface area contributed by atoms with E-state index in [1.54, 1.807) is 0 Å². The normalized spacial score (nSPS) is 29.3. The fraction of sp³-hybridized carbons (Fsp3) is 0.833. The number of hydrogen-bond donors (Lipinski definition) is 2. The molecule has 6 heteroatoms. The Morgan fingerprint density at radius 3 is 2.17 bits per heavy atom. The van der Waals surface area contributed by atoms with E-state index in [4.69, 9.17) is 0 Å². The standard InChI is InChI=1S/C12H18INO4/c13-7-9-6-12(10(15)16,11(17)18)8-14(9)4-2-1-3-5-14/h9H,1-8H2,(H-,15,16,17,18)/p+1. The van der Waals surface area contributed by atoms with Crippen molar-refractivity contribution in [1.82, 2.24) is 0 Å². The van der Waals surface area contributed by atoms with Crippen LogP contribution in [0, 0.1) is 5.41 Å². The highest BCUT2D eigenvalue weighted by molar-refractivity contribution is 14.1. The van der Waals surface area contributed by atoms with Crippen LogP contribution in [-0.2, 0) is 9.59 Å². The van der Waals surface area contributed by atoms with Gasteiger partial charge in [-0.15, -0.1) is 0 Å². The van der Waals surface area contributed by atoms with Gasteiger partial charge in [0.15, 0.2) is 0 Å². The maximum atomic E-state index is 11.5. The molecule has 0 aromatic heterocycles. The molecule has 2 saturated heterocycles. The Bertz CT molecular complexity index is 351. The summed E-state index contributed by atoms with van der Waals surface area (Å²) in [6.45, 7) is 2.15. The molecular weight excluding hydrogens is 349 g/mol. The van der Waals surface area contributed by atoms with Crippen molar-refractivity contribution in [3.8, 4) is 0 Å².